The molecule has 4 N–H and O–H groups in total. The highest BCUT2D eigenvalue weighted by Crippen LogP contribution is 2.36. The van der Waals surface area contributed by atoms with Crippen LogP contribution in [-0.4, -0.2) is 10.2 Å². The zero-order valence-corrected chi connectivity index (χ0v) is 16.1. The zero-order valence-electron chi connectivity index (χ0n) is 9.72. The monoisotopic (exact) mass is 528 g/mol. The summed E-state index contributed by atoms with van der Waals surface area (Å²) in [6, 6.07) is 6.93. The first kappa shape index (κ1) is 15.9. The predicted molar refractivity (Wildman–Crippen MR) is 94.3 cm³/mol. The first-order valence-corrected chi connectivity index (χ1v) is 8.43. The highest BCUT2D eigenvalue weighted by molar-refractivity contribution is 9.11. The summed E-state index contributed by atoms with van der Waals surface area (Å²) < 4.78 is 2.29. The van der Waals surface area contributed by atoms with Gasteiger partial charge in [-0.3, -0.25) is 0 Å². The Morgan fingerprint density at radius 2 is 0.850 bits per heavy atom. The molecule has 0 amide bonds. The van der Waals surface area contributed by atoms with Gasteiger partial charge in [-0.2, -0.15) is 0 Å². The maximum Gasteiger partial charge on any atom is 0.144 e. The van der Waals surface area contributed by atoms with Gasteiger partial charge in [0.15, 0.2) is 0 Å². The smallest absolute Gasteiger partial charge is 0.144 e. The number of benzene rings is 2. The normalized spacial score (nSPS) is 10.4. The lowest BCUT2D eigenvalue weighted by atomic mass is 10.3. The highest BCUT2D eigenvalue weighted by Gasteiger charge is 2.07. The van der Waals surface area contributed by atoms with Gasteiger partial charge in [-0.1, -0.05) is 0 Å². The molecule has 0 saturated carbocycles. The Morgan fingerprint density at radius 1 is 0.600 bits per heavy atom. The molecule has 20 heavy (non-hydrogen) atoms. The Hall–Kier alpha value is -0.440. The third kappa shape index (κ3) is 3.60. The molecule has 0 heterocycles. The fraction of sp³-hybridized carbons (Fsp3) is 0. The fourth-order valence-corrected chi connectivity index (χ4v) is 3.79. The van der Waals surface area contributed by atoms with Crippen LogP contribution in [0.5, 0.6) is 11.5 Å². The number of phenolic OH excluding ortho intramolecular Hbond substituents is 2. The Morgan fingerprint density at radius 3 is 1.10 bits per heavy atom. The van der Waals surface area contributed by atoms with E-state index in [9.17, 15) is 10.2 Å². The van der Waals surface area contributed by atoms with Gasteiger partial charge in [0.2, 0.25) is 0 Å². The average Bonchev–Trinajstić information content (AvgIpc) is 2.39. The van der Waals surface area contributed by atoms with E-state index < -0.39 is 0 Å². The van der Waals surface area contributed by atoms with Gasteiger partial charge in [-0.25, -0.2) is 0 Å². The Bertz CT molecular complexity index is 560. The van der Waals surface area contributed by atoms with Gasteiger partial charge in [0.05, 0.1) is 29.3 Å². The van der Waals surface area contributed by atoms with Crippen molar-refractivity contribution in [2.75, 3.05) is 10.9 Å². The molecule has 0 fully saturated rings. The van der Waals surface area contributed by atoms with Crippen LogP contribution < -0.4 is 10.9 Å². The average molecular weight is 532 g/mol. The van der Waals surface area contributed by atoms with E-state index in [4.69, 9.17) is 0 Å². The van der Waals surface area contributed by atoms with Crippen LogP contribution >= 0.6 is 63.7 Å². The summed E-state index contributed by atoms with van der Waals surface area (Å²) in [6.07, 6.45) is 0. The van der Waals surface area contributed by atoms with Crippen molar-refractivity contribution < 1.29 is 10.2 Å². The molecule has 0 aliphatic carbocycles. The topological polar surface area (TPSA) is 64.5 Å². The summed E-state index contributed by atoms with van der Waals surface area (Å²) >= 11 is 13.0. The number of anilines is 2. The lowest BCUT2D eigenvalue weighted by molar-refractivity contribution is 0.468. The Balaban J connectivity index is 2.17. The van der Waals surface area contributed by atoms with E-state index in [0.29, 0.717) is 17.9 Å². The summed E-state index contributed by atoms with van der Waals surface area (Å²) in [5.41, 5.74) is 7.50. The van der Waals surface area contributed by atoms with Gasteiger partial charge in [0.1, 0.15) is 11.5 Å². The molecule has 2 aromatic carbocycles. The molecule has 2 aromatic rings. The Labute approximate surface area is 149 Å². The summed E-state index contributed by atoms with van der Waals surface area (Å²) in [7, 11) is 0. The molecule has 106 valence electrons. The van der Waals surface area contributed by atoms with E-state index in [-0.39, 0.29) is 11.5 Å². The van der Waals surface area contributed by atoms with Crippen LogP contribution in [-0.2, 0) is 0 Å². The van der Waals surface area contributed by atoms with E-state index >= 15 is 0 Å². The maximum absolute atomic E-state index is 9.64. The minimum absolute atomic E-state index is 0.144. The molecule has 0 aromatic heterocycles. The van der Waals surface area contributed by atoms with Crippen molar-refractivity contribution >= 4 is 75.1 Å². The Kier molecular flexibility index (Phi) is 5.22. The van der Waals surface area contributed by atoms with Crippen molar-refractivity contribution in [1.82, 2.24) is 0 Å². The molecule has 0 saturated heterocycles. The summed E-state index contributed by atoms with van der Waals surface area (Å²) in [6.45, 7) is 0. The molecule has 0 spiro atoms. The molecular weight excluding hydrogens is 524 g/mol. The van der Waals surface area contributed by atoms with Crippen LogP contribution in [0.3, 0.4) is 0 Å². The van der Waals surface area contributed by atoms with Crippen LogP contribution in [0.25, 0.3) is 0 Å². The number of rotatable bonds is 3. The minimum atomic E-state index is 0.144. The summed E-state index contributed by atoms with van der Waals surface area (Å²) in [5.74, 6) is 0.288. The van der Waals surface area contributed by atoms with E-state index in [2.05, 4.69) is 74.6 Å². The van der Waals surface area contributed by atoms with Crippen LogP contribution in [0.2, 0.25) is 0 Å². The minimum Gasteiger partial charge on any atom is -0.506 e. The number of phenols is 2. The van der Waals surface area contributed by atoms with Gasteiger partial charge < -0.3 is 21.1 Å². The molecular formula is C12H8Br4N2O2. The second-order valence-corrected chi connectivity index (χ2v) is 7.24. The highest BCUT2D eigenvalue weighted by atomic mass is 79.9. The molecule has 8 heteroatoms. The molecule has 2 rings (SSSR count). The number of hydrogen-bond acceptors (Lipinski definition) is 4. The largest absolute Gasteiger partial charge is 0.506 e. The number of halogens is 4. The standard InChI is InChI=1S/C12H8Br4N2O2/c13-7-1-5(2-8(14)11(7)19)17-18-6-3-9(15)12(20)10(16)4-6/h1-4,17-20H. The first-order chi connectivity index (χ1) is 9.38. The van der Waals surface area contributed by atoms with Gasteiger partial charge in [0, 0.05) is 0 Å². The van der Waals surface area contributed by atoms with E-state index in [1.807, 2.05) is 0 Å². The lowest BCUT2D eigenvalue weighted by Gasteiger charge is -2.13. The molecule has 0 bridgehead atoms. The van der Waals surface area contributed by atoms with Crippen LogP contribution in [0.15, 0.2) is 42.2 Å². The van der Waals surface area contributed by atoms with Crippen molar-refractivity contribution in [3.8, 4) is 11.5 Å². The number of hydrogen-bond donors (Lipinski definition) is 4. The third-order valence-corrected chi connectivity index (χ3v) is 4.80. The van der Waals surface area contributed by atoms with Crippen molar-refractivity contribution in [2.45, 2.75) is 0 Å². The zero-order chi connectivity index (χ0) is 14.9. The summed E-state index contributed by atoms with van der Waals surface area (Å²) in [5, 5.41) is 19.3. The number of nitrogens with one attached hydrogen (secondary N) is 2. The van der Waals surface area contributed by atoms with Crippen LogP contribution in [0.4, 0.5) is 11.4 Å². The van der Waals surface area contributed by atoms with Crippen molar-refractivity contribution in [1.29, 1.82) is 0 Å². The second kappa shape index (κ2) is 6.55. The van der Waals surface area contributed by atoms with Crippen molar-refractivity contribution in [3.63, 3.8) is 0 Å². The lowest BCUT2D eigenvalue weighted by Crippen LogP contribution is -2.08. The van der Waals surface area contributed by atoms with Crippen LogP contribution in [0, 0.1) is 0 Å². The van der Waals surface area contributed by atoms with Crippen LogP contribution in [0.1, 0.15) is 0 Å². The number of hydrazine groups is 1. The molecule has 0 aliphatic heterocycles. The molecule has 0 radical (unpaired) electrons. The fourth-order valence-electron chi connectivity index (χ4n) is 1.42. The molecule has 0 aliphatic rings. The third-order valence-electron chi connectivity index (χ3n) is 2.38. The van der Waals surface area contributed by atoms with Gasteiger partial charge in [0.25, 0.3) is 0 Å². The van der Waals surface area contributed by atoms with E-state index in [1.54, 1.807) is 24.3 Å². The summed E-state index contributed by atoms with van der Waals surface area (Å²) in [4.78, 5) is 0. The quantitative estimate of drug-likeness (QED) is 0.308. The molecule has 0 atom stereocenters. The van der Waals surface area contributed by atoms with Gasteiger partial charge in [-0.15, -0.1) is 0 Å². The second-order valence-electron chi connectivity index (χ2n) is 3.83. The van der Waals surface area contributed by atoms with Gasteiger partial charge in [-0.05, 0) is 88.0 Å². The first-order valence-electron chi connectivity index (χ1n) is 5.26. The predicted octanol–water partition coefficient (Wildman–Crippen LogP) is 5.59. The molecule has 0 unspecified atom stereocenters. The van der Waals surface area contributed by atoms with E-state index in [0.717, 1.165) is 11.4 Å². The molecule has 4 nitrogen and oxygen atoms in total. The maximum atomic E-state index is 9.64. The SMILES string of the molecule is Oc1c(Br)cc(NNc2cc(Br)c(O)c(Br)c2)cc1Br. The van der Waals surface area contributed by atoms with Crippen molar-refractivity contribution in [3.05, 3.63) is 42.2 Å². The number of aromatic hydroxyl groups is 2. The van der Waals surface area contributed by atoms with E-state index in [1.165, 1.54) is 0 Å². The van der Waals surface area contributed by atoms with Crippen molar-refractivity contribution in [2.24, 2.45) is 0 Å². The van der Waals surface area contributed by atoms with Gasteiger partial charge >= 0.3 is 0 Å².